The van der Waals surface area contributed by atoms with Gasteiger partial charge in [0.15, 0.2) is 5.58 Å². The smallest absolute Gasteiger partial charge is 0.256 e. The largest absolute Gasteiger partial charge is 0.431 e. The number of fused-ring (bicyclic) bond motifs is 1. The Balaban J connectivity index is 1.43. The second-order valence-corrected chi connectivity index (χ2v) is 6.49. The van der Waals surface area contributed by atoms with Crippen LogP contribution in [0.15, 0.2) is 33.9 Å². The number of carbonyl (C=O) groups is 1. The molecule has 5 heteroatoms. The summed E-state index contributed by atoms with van der Waals surface area (Å²) in [6.07, 6.45) is 6.55. The Bertz CT molecular complexity index is 572. The van der Waals surface area contributed by atoms with Crippen LogP contribution < -0.4 is 5.32 Å². The minimum Gasteiger partial charge on any atom is -0.431 e. The average molecular weight is 304 g/mol. The summed E-state index contributed by atoms with van der Waals surface area (Å²) in [6.45, 7) is 0. The highest BCUT2D eigenvalue weighted by atomic mass is 32.2. The number of thioether (sulfide) groups is 1. The third-order valence-corrected chi connectivity index (χ3v) is 4.63. The van der Waals surface area contributed by atoms with Crippen molar-refractivity contribution in [1.82, 2.24) is 10.3 Å². The van der Waals surface area contributed by atoms with Gasteiger partial charge in [-0.2, -0.15) is 0 Å². The number of hydrogen-bond donors (Lipinski definition) is 1. The van der Waals surface area contributed by atoms with Crippen molar-refractivity contribution in [2.45, 2.75) is 49.8 Å². The Hall–Kier alpha value is -1.49. The SMILES string of the molecule is O=C(CCSc1nc2ccccc2o1)NC1CCCCC1. The molecule has 112 valence electrons. The van der Waals surface area contributed by atoms with Gasteiger partial charge in [-0.15, -0.1) is 0 Å². The van der Waals surface area contributed by atoms with E-state index in [1.807, 2.05) is 24.3 Å². The fraction of sp³-hybridized carbons (Fsp3) is 0.500. The van der Waals surface area contributed by atoms with Crippen molar-refractivity contribution in [3.8, 4) is 0 Å². The monoisotopic (exact) mass is 304 g/mol. The highest BCUT2D eigenvalue weighted by Crippen LogP contribution is 2.23. The zero-order valence-electron chi connectivity index (χ0n) is 12.0. The highest BCUT2D eigenvalue weighted by molar-refractivity contribution is 7.99. The minimum absolute atomic E-state index is 0.144. The predicted molar refractivity (Wildman–Crippen MR) is 84.4 cm³/mol. The molecule has 2 aromatic rings. The molecule has 1 N–H and O–H groups in total. The molecule has 1 aliphatic carbocycles. The lowest BCUT2D eigenvalue weighted by Gasteiger charge is -2.22. The first kappa shape index (κ1) is 14.4. The van der Waals surface area contributed by atoms with E-state index in [0.717, 1.165) is 23.9 Å². The summed E-state index contributed by atoms with van der Waals surface area (Å²) >= 11 is 1.50. The molecule has 0 saturated heterocycles. The van der Waals surface area contributed by atoms with Crippen LogP contribution in [0.3, 0.4) is 0 Å². The van der Waals surface area contributed by atoms with Crippen LogP contribution in [0.25, 0.3) is 11.1 Å². The van der Waals surface area contributed by atoms with Crippen molar-refractivity contribution < 1.29 is 9.21 Å². The molecular formula is C16H20N2O2S. The Morgan fingerprint density at radius 2 is 2.10 bits per heavy atom. The summed E-state index contributed by atoms with van der Waals surface area (Å²) < 4.78 is 5.62. The number of amides is 1. The average Bonchev–Trinajstić information content (AvgIpc) is 2.91. The third kappa shape index (κ3) is 4.00. The molecule has 1 aliphatic rings. The zero-order valence-corrected chi connectivity index (χ0v) is 12.8. The van der Waals surface area contributed by atoms with Crippen LogP contribution >= 0.6 is 11.8 Å². The van der Waals surface area contributed by atoms with Gasteiger partial charge in [0.05, 0.1) is 0 Å². The molecule has 0 bridgehead atoms. The van der Waals surface area contributed by atoms with Crippen LogP contribution in [-0.2, 0) is 4.79 Å². The Morgan fingerprint density at radius 3 is 2.90 bits per heavy atom. The Morgan fingerprint density at radius 1 is 1.29 bits per heavy atom. The fourth-order valence-electron chi connectivity index (χ4n) is 2.69. The molecule has 4 nitrogen and oxygen atoms in total. The minimum atomic E-state index is 0.144. The van der Waals surface area contributed by atoms with Crippen LogP contribution in [0.1, 0.15) is 38.5 Å². The maximum absolute atomic E-state index is 11.9. The number of aromatic nitrogens is 1. The quantitative estimate of drug-likeness (QED) is 0.855. The van der Waals surface area contributed by atoms with Gasteiger partial charge in [0.2, 0.25) is 5.91 Å². The van der Waals surface area contributed by atoms with Crippen LogP contribution in [0, 0.1) is 0 Å². The molecule has 0 unspecified atom stereocenters. The van der Waals surface area contributed by atoms with E-state index in [1.165, 1.54) is 31.0 Å². The summed E-state index contributed by atoms with van der Waals surface area (Å²) in [5.74, 6) is 0.844. The Kier molecular flexibility index (Phi) is 4.80. The maximum atomic E-state index is 11.9. The van der Waals surface area contributed by atoms with E-state index in [1.54, 1.807) is 0 Å². The molecule has 1 aromatic heterocycles. The van der Waals surface area contributed by atoms with Gasteiger partial charge in [0, 0.05) is 18.2 Å². The summed E-state index contributed by atoms with van der Waals surface area (Å²) in [5.41, 5.74) is 1.67. The normalized spacial score (nSPS) is 16.2. The lowest BCUT2D eigenvalue weighted by molar-refractivity contribution is -0.121. The number of carbonyl (C=O) groups excluding carboxylic acids is 1. The number of para-hydroxylation sites is 2. The van der Waals surface area contributed by atoms with Gasteiger partial charge in [0.1, 0.15) is 5.52 Å². The van der Waals surface area contributed by atoms with Gasteiger partial charge >= 0.3 is 0 Å². The molecule has 1 aromatic carbocycles. The second kappa shape index (κ2) is 6.98. The molecule has 0 atom stereocenters. The first-order valence-electron chi connectivity index (χ1n) is 7.59. The van der Waals surface area contributed by atoms with E-state index in [4.69, 9.17) is 4.42 Å². The van der Waals surface area contributed by atoms with Crippen molar-refractivity contribution in [3.05, 3.63) is 24.3 Å². The second-order valence-electron chi connectivity index (χ2n) is 5.45. The molecule has 0 spiro atoms. The first-order valence-corrected chi connectivity index (χ1v) is 8.57. The van der Waals surface area contributed by atoms with Gasteiger partial charge in [-0.05, 0) is 25.0 Å². The molecule has 0 radical (unpaired) electrons. The van der Waals surface area contributed by atoms with Crippen molar-refractivity contribution in [3.63, 3.8) is 0 Å². The fourth-order valence-corrected chi connectivity index (χ4v) is 3.46. The number of nitrogens with zero attached hydrogens (tertiary/aromatic N) is 1. The Labute approximate surface area is 128 Å². The van der Waals surface area contributed by atoms with E-state index < -0.39 is 0 Å². The summed E-state index contributed by atoms with van der Waals surface area (Å²) in [5, 5.41) is 3.77. The van der Waals surface area contributed by atoms with E-state index in [2.05, 4.69) is 10.3 Å². The highest BCUT2D eigenvalue weighted by Gasteiger charge is 2.15. The lowest BCUT2D eigenvalue weighted by Crippen LogP contribution is -2.36. The van der Waals surface area contributed by atoms with Crippen molar-refractivity contribution >= 4 is 28.8 Å². The van der Waals surface area contributed by atoms with Crippen molar-refractivity contribution in [2.24, 2.45) is 0 Å². The summed E-state index contributed by atoms with van der Waals surface area (Å²) in [7, 11) is 0. The first-order chi connectivity index (χ1) is 10.3. The van der Waals surface area contributed by atoms with E-state index in [-0.39, 0.29) is 5.91 Å². The molecule has 3 rings (SSSR count). The number of hydrogen-bond acceptors (Lipinski definition) is 4. The molecule has 0 aliphatic heterocycles. The van der Waals surface area contributed by atoms with Gasteiger partial charge in [0.25, 0.3) is 5.22 Å². The molecule has 1 amide bonds. The zero-order chi connectivity index (χ0) is 14.5. The van der Waals surface area contributed by atoms with Gasteiger partial charge in [-0.1, -0.05) is 43.2 Å². The lowest BCUT2D eigenvalue weighted by atomic mass is 9.95. The summed E-state index contributed by atoms with van der Waals surface area (Å²) in [6, 6.07) is 8.10. The van der Waals surface area contributed by atoms with Crippen molar-refractivity contribution in [2.75, 3.05) is 5.75 Å². The van der Waals surface area contributed by atoms with Crippen LogP contribution in [0.5, 0.6) is 0 Å². The van der Waals surface area contributed by atoms with Crippen molar-refractivity contribution in [1.29, 1.82) is 0 Å². The number of rotatable bonds is 5. The van der Waals surface area contributed by atoms with Gasteiger partial charge in [-0.25, -0.2) is 4.98 Å². The number of oxazole rings is 1. The van der Waals surface area contributed by atoms with E-state index in [9.17, 15) is 4.79 Å². The van der Waals surface area contributed by atoms with Crippen LogP contribution in [-0.4, -0.2) is 22.7 Å². The molecule has 1 fully saturated rings. The molecule has 21 heavy (non-hydrogen) atoms. The molecule has 1 saturated carbocycles. The predicted octanol–water partition coefficient (Wildman–Crippen LogP) is 3.76. The third-order valence-electron chi connectivity index (χ3n) is 3.80. The topological polar surface area (TPSA) is 55.1 Å². The number of nitrogens with one attached hydrogen (secondary N) is 1. The van der Waals surface area contributed by atoms with Crippen LogP contribution in [0.2, 0.25) is 0 Å². The van der Waals surface area contributed by atoms with Crippen LogP contribution in [0.4, 0.5) is 0 Å². The van der Waals surface area contributed by atoms with E-state index in [0.29, 0.717) is 23.4 Å². The van der Waals surface area contributed by atoms with E-state index >= 15 is 0 Å². The molecular weight excluding hydrogens is 284 g/mol. The van der Waals surface area contributed by atoms with Gasteiger partial charge in [-0.3, -0.25) is 4.79 Å². The summed E-state index contributed by atoms with van der Waals surface area (Å²) in [4.78, 5) is 16.3. The van der Waals surface area contributed by atoms with Gasteiger partial charge < -0.3 is 9.73 Å². The number of benzene rings is 1. The standard InChI is InChI=1S/C16H20N2O2S/c19-15(17-12-6-2-1-3-7-12)10-11-21-16-18-13-8-4-5-9-14(13)20-16/h4-5,8-9,12H,1-3,6-7,10-11H2,(H,17,19). The maximum Gasteiger partial charge on any atom is 0.256 e. The molecule has 1 heterocycles.